The van der Waals surface area contributed by atoms with Crippen LogP contribution in [0.4, 0.5) is 0 Å². The maximum atomic E-state index is 12.8. The topological polar surface area (TPSA) is 130 Å². The number of hydrogen-bond acceptors (Lipinski definition) is 10. The van der Waals surface area contributed by atoms with Crippen molar-refractivity contribution in [2.45, 2.75) is 12.2 Å². The maximum Gasteiger partial charge on any atom is 0.314 e. The minimum atomic E-state index is -0.964. The van der Waals surface area contributed by atoms with Crippen molar-refractivity contribution in [3.8, 4) is 34.5 Å². The molecule has 2 heterocycles. The molecule has 0 amide bonds. The highest BCUT2D eigenvalue weighted by molar-refractivity contribution is 5.90. The second-order valence-electron chi connectivity index (χ2n) is 7.31. The lowest BCUT2D eigenvalue weighted by Crippen LogP contribution is -2.19. The first kappa shape index (κ1) is 21.4. The van der Waals surface area contributed by atoms with Gasteiger partial charge in [-0.05, 0) is 24.3 Å². The molecule has 10 nitrogen and oxygen atoms in total. The van der Waals surface area contributed by atoms with E-state index in [0.717, 1.165) is 0 Å². The molecule has 0 aromatic heterocycles. The van der Waals surface area contributed by atoms with E-state index < -0.39 is 36.0 Å². The number of hydrogen-bond donors (Lipinski definition) is 2. The van der Waals surface area contributed by atoms with Crippen molar-refractivity contribution in [3.63, 3.8) is 0 Å². The molecule has 2 aliphatic heterocycles. The Kier molecular flexibility index (Phi) is 5.37. The van der Waals surface area contributed by atoms with Gasteiger partial charge in [0.25, 0.3) is 0 Å². The van der Waals surface area contributed by atoms with E-state index in [1.54, 1.807) is 0 Å². The van der Waals surface area contributed by atoms with Crippen molar-refractivity contribution < 1.29 is 48.2 Å². The quantitative estimate of drug-likeness (QED) is 0.637. The summed E-state index contributed by atoms with van der Waals surface area (Å²) in [5, 5.41) is 20.3. The number of aromatic hydroxyl groups is 2. The van der Waals surface area contributed by atoms with Crippen molar-refractivity contribution >= 4 is 11.9 Å². The molecule has 2 aromatic rings. The Balaban J connectivity index is 1.74. The summed E-state index contributed by atoms with van der Waals surface area (Å²) in [6, 6.07) is 5.91. The number of carbonyl (C=O) groups is 2. The molecule has 2 saturated heterocycles. The lowest BCUT2D eigenvalue weighted by Gasteiger charge is -2.18. The smallest absolute Gasteiger partial charge is 0.314 e. The minimum Gasteiger partial charge on any atom is -0.502 e. The Morgan fingerprint density at radius 1 is 0.625 bits per heavy atom. The lowest BCUT2D eigenvalue weighted by molar-refractivity contribution is -0.154. The first-order valence-corrected chi connectivity index (χ1v) is 9.65. The van der Waals surface area contributed by atoms with Crippen LogP contribution in [0.15, 0.2) is 24.3 Å². The summed E-state index contributed by atoms with van der Waals surface area (Å²) in [4.78, 5) is 25.7. The maximum absolute atomic E-state index is 12.8. The number of esters is 2. The van der Waals surface area contributed by atoms with Gasteiger partial charge < -0.3 is 38.6 Å². The molecular weight excluding hydrogens is 424 g/mol. The molecule has 0 radical (unpaired) electrons. The summed E-state index contributed by atoms with van der Waals surface area (Å²) in [6.45, 7) is 0. The summed E-state index contributed by atoms with van der Waals surface area (Å²) in [5.41, 5.74) is 0.826. The average molecular weight is 446 g/mol. The number of phenols is 2. The molecule has 0 bridgehead atoms. The Bertz CT molecular complexity index is 943. The Morgan fingerprint density at radius 2 is 0.906 bits per heavy atom. The second-order valence-corrected chi connectivity index (χ2v) is 7.31. The van der Waals surface area contributed by atoms with E-state index in [1.807, 2.05) is 0 Å². The van der Waals surface area contributed by atoms with Crippen LogP contribution in [-0.2, 0) is 19.1 Å². The average Bonchev–Trinajstić information content (AvgIpc) is 3.32. The second kappa shape index (κ2) is 8.03. The van der Waals surface area contributed by atoms with Gasteiger partial charge in [-0.15, -0.1) is 0 Å². The van der Waals surface area contributed by atoms with Crippen molar-refractivity contribution in [1.82, 2.24) is 0 Å². The van der Waals surface area contributed by atoms with E-state index in [1.165, 1.54) is 52.7 Å². The third kappa shape index (κ3) is 3.19. The van der Waals surface area contributed by atoms with Crippen LogP contribution in [0.5, 0.6) is 34.5 Å². The molecule has 0 saturated carbocycles. The van der Waals surface area contributed by atoms with E-state index in [-0.39, 0.29) is 34.5 Å². The van der Waals surface area contributed by atoms with Crippen LogP contribution in [0, 0.1) is 11.8 Å². The number of ether oxygens (including phenoxy) is 6. The third-order valence-corrected chi connectivity index (χ3v) is 5.73. The molecule has 2 fully saturated rings. The van der Waals surface area contributed by atoms with Gasteiger partial charge >= 0.3 is 11.9 Å². The number of benzene rings is 2. The van der Waals surface area contributed by atoms with Crippen LogP contribution >= 0.6 is 0 Å². The van der Waals surface area contributed by atoms with Gasteiger partial charge in [0, 0.05) is 11.1 Å². The van der Waals surface area contributed by atoms with Gasteiger partial charge in [0.05, 0.1) is 28.4 Å². The SMILES string of the molecule is COc1cc(C2OC(=O)C3C(c4cc(OC)c(O)c(OC)c4)OC(=O)C23)cc(OC)c1O. The number of phenolic OH excluding ortho intramolecular Hbond substituents is 2. The highest BCUT2D eigenvalue weighted by atomic mass is 16.6. The van der Waals surface area contributed by atoms with Crippen molar-refractivity contribution in [1.29, 1.82) is 0 Å². The van der Waals surface area contributed by atoms with Gasteiger partial charge in [-0.25, -0.2) is 0 Å². The fraction of sp³-hybridized carbons (Fsp3) is 0.364. The van der Waals surface area contributed by atoms with Gasteiger partial charge in [-0.1, -0.05) is 0 Å². The lowest BCUT2D eigenvalue weighted by atomic mass is 9.84. The minimum absolute atomic E-state index is 0.106. The molecule has 10 heteroatoms. The summed E-state index contributed by atoms with van der Waals surface area (Å²) < 4.78 is 31.8. The van der Waals surface area contributed by atoms with Crippen LogP contribution in [0.3, 0.4) is 0 Å². The number of carbonyl (C=O) groups excluding carboxylic acids is 2. The predicted octanol–water partition coefficient (Wildman–Crippen LogP) is 2.26. The molecule has 170 valence electrons. The standard InChI is InChI=1S/C22H22O10/c1-27-11-5-9(6-12(28-2)17(11)23)19-15-16(22(26)31-19)20(32-21(15)25)10-7-13(29-3)18(24)14(8-10)30-4/h5-8,15-16,19-20,23-24H,1-4H3. The number of fused-ring (bicyclic) bond motifs is 1. The molecule has 0 spiro atoms. The zero-order valence-electron chi connectivity index (χ0n) is 17.8. The van der Waals surface area contributed by atoms with Gasteiger partial charge in [0.2, 0.25) is 11.5 Å². The van der Waals surface area contributed by atoms with E-state index in [0.29, 0.717) is 11.1 Å². The molecule has 2 aromatic carbocycles. The summed E-state index contributed by atoms with van der Waals surface area (Å²) in [7, 11) is 5.47. The highest BCUT2D eigenvalue weighted by Crippen LogP contribution is 2.54. The van der Waals surface area contributed by atoms with E-state index in [9.17, 15) is 19.8 Å². The zero-order valence-corrected chi connectivity index (χ0v) is 17.8. The molecule has 4 rings (SSSR count). The van der Waals surface area contributed by atoms with Gasteiger partial charge in [-0.2, -0.15) is 0 Å². The normalized spacial score (nSPS) is 23.9. The predicted molar refractivity (Wildman–Crippen MR) is 107 cm³/mol. The molecule has 2 N–H and O–H groups in total. The Morgan fingerprint density at radius 3 is 1.16 bits per heavy atom. The van der Waals surface area contributed by atoms with Crippen LogP contribution in [0.1, 0.15) is 23.3 Å². The fourth-order valence-electron chi connectivity index (χ4n) is 4.18. The van der Waals surface area contributed by atoms with Crippen LogP contribution < -0.4 is 18.9 Å². The monoisotopic (exact) mass is 446 g/mol. The first-order chi connectivity index (χ1) is 15.3. The third-order valence-electron chi connectivity index (χ3n) is 5.73. The van der Waals surface area contributed by atoms with Crippen molar-refractivity contribution in [2.75, 3.05) is 28.4 Å². The first-order valence-electron chi connectivity index (χ1n) is 9.65. The van der Waals surface area contributed by atoms with E-state index >= 15 is 0 Å². The molecule has 2 aliphatic rings. The van der Waals surface area contributed by atoms with Crippen LogP contribution in [-0.4, -0.2) is 50.6 Å². The summed E-state index contributed by atoms with van der Waals surface area (Å²) >= 11 is 0. The van der Waals surface area contributed by atoms with Gasteiger partial charge in [-0.3, -0.25) is 9.59 Å². The molecule has 4 unspecified atom stereocenters. The number of rotatable bonds is 6. The van der Waals surface area contributed by atoms with E-state index in [4.69, 9.17) is 28.4 Å². The molecular formula is C22H22O10. The molecule has 0 aliphatic carbocycles. The Labute approximate surface area is 183 Å². The van der Waals surface area contributed by atoms with Gasteiger partial charge in [0.1, 0.15) is 24.0 Å². The zero-order chi connectivity index (χ0) is 23.2. The molecule has 32 heavy (non-hydrogen) atoms. The van der Waals surface area contributed by atoms with Crippen LogP contribution in [0.2, 0.25) is 0 Å². The Hall–Kier alpha value is -3.82. The largest absolute Gasteiger partial charge is 0.502 e. The summed E-state index contributed by atoms with van der Waals surface area (Å²) in [5.74, 6) is -3.10. The van der Waals surface area contributed by atoms with E-state index in [2.05, 4.69) is 0 Å². The fourth-order valence-corrected chi connectivity index (χ4v) is 4.18. The van der Waals surface area contributed by atoms with Crippen molar-refractivity contribution in [3.05, 3.63) is 35.4 Å². The number of cyclic esters (lactones) is 2. The van der Waals surface area contributed by atoms with Gasteiger partial charge in [0.15, 0.2) is 23.0 Å². The number of methoxy groups -OCH3 is 4. The van der Waals surface area contributed by atoms with Crippen molar-refractivity contribution in [2.24, 2.45) is 11.8 Å². The van der Waals surface area contributed by atoms with Crippen LogP contribution in [0.25, 0.3) is 0 Å². The highest BCUT2D eigenvalue weighted by Gasteiger charge is 2.60. The summed E-state index contributed by atoms with van der Waals surface area (Å²) in [6.07, 6.45) is -1.93. The molecule has 4 atom stereocenters.